The first-order valence-corrected chi connectivity index (χ1v) is 12.6. The number of ether oxygens (including phenoxy) is 3. The van der Waals surface area contributed by atoms with E-state index in [1.165, 1.54) is 21.3 Å². The highest BCUT2D eigenvalue weighted by atomic mass is 35.5. The molecule has 1 saturated heterocycles. The number of esters is 1. The molecule has 2 heterocycles. The Morgan fingerprint density at radius 3 is 2.38 bits per heavy atom. The molecule has 8 nitrogen and oxygen atoms in total. The second-order valence-electron chi connectivity index (χ2n) is 9.30. The average Bonchev–Trinajstić information content (AvgIpc) is 3.29. The van der Waals surface area contributed by atoms with Gasteiger partial charge in [-0.3, -0.25) is 9.59 Å². The lowest BCUT2D eigenvalue weighted by atomic mass is 9.67. The number of carbonyl (C=O) groups is 2. The first-order valence-electron chi connectivity index (χ1n) is 12.2. The van der Waals surface area contributed by atoms with Crippen molar-refractivity contribution >= 4 is 35.2 Å². The molecular formula is C30H26ClN3O5. The van der Waals surface area contributed by atoms with Crippen LogP contribution < -0.4 is 14.8 Å². The van der Waals surface area contributed by atoms with E-state index >= 15 is 0 Å². The number of amides is 1. The summed E-state index contributed by atoms with van der Waals surface area (Å²) in [6, 6.07) is 20.0. The number of rotatable bonds is 6. The van der Waals surface area contributed by atoms with E-state index in [1.807, 2.05) is 30.3 Å². The third-order valence-electron chi connectivity index (χ3n) is 7.43. The van der Waals surface area contributed by atoms with Crippen LogP contribution in [0, 0.1) is 16.7 Å². The number of benzene rings is 3. The molecule has 2 aliphatic rings. The summed E-state index contributed by atoms with van der Waals surface area (Å²) in [5.74, 6) is -1.18. The zero-order chi connectivity index (χ0) is 27.7. The predicted molar refractivity (Wildman–Crippen MR) is 146 cm³/mol. The lowest BCUT2D eigenvalue weighted by Gasteiger charge is -2.35. The Kier molecular flexibility index (Phi) is 6.94. The molecule has 1 N–H and O–H groups in total. The highest BCUT2D eigenvalue weighted by Crippen LogP contribution is 2.61. The smallest absolute Gasteiger partial charge is 0.329 e. The molecule has 1 amide bonds. The molecule has 4 atom stereocenters. The first-order chi connectivity index (χ1) is 18.9. The SMILES string of the molecule is COC(=O)[C@@]1(C#N)C2c3ccccc3C=CN2[C@H](C(=O)Nc2ccc(Cl)cc2)[C@H]1c1ccc(OC)c(OC)c1. The minimum absolute atomic E-state index is 0.396. The zero-order valence-corrected chi connectivity index (χ0v) is 22.3. The van der Waals surface area contributed by atoms with E-state index in [2.05, 4.69) is 11.4 Å². The van der Waals surface area contributed by atoms with Gasteiger partial charge in [0.2, 0.25) is 5.91 Å². The van der Waals surface area contributed by atoms with E-state index in [0.717, 1.165) is 11.1 Å². The normalized spacial score (nSPS) is 22.7. The molecule has 0 radical (unpaired) electrons. The number of nitrogens with zero attached hydrogens (tertiary/aromatic N) is 2. The molecule has 2 aliphatic heterocycles. The highest BCUT2D eigenvalue weighted by molar-refractivity contribution is 6.30. The maximum Gasteiger partial charge on any atom is 0.329 e. The molecule has 5 rings (SSSR count). The molecule has 0 saturated carbocycles. The third kappa shape index (κ3) is 4.16. The van der Waals surface area contributed by atoms with Crippen molar-refractivity contribution in [2.75, 3.05) is 26.6 Å². The monoisotopic (exact) mass is 543 g/mol. The molecule has 1 unspecified atom stereocenters. The summed E-state index contributed by atoms with van der Waals surface area (Å²) < 4.78 is 16.2. The Morgan fingerprint density at radius 2 is 1.72 bits per heavy atom. The van der Waals surface area contributed by atoms with Gasteiger partial charge in [-0.25, -0.2) is 0 Å². The quantitative estimate of drug-likeness (QED) is 0.428. The molecule has 39 heavy (non-hydrogen) atoms. The van der Waals surface area contributed by atoms with Crippen LogP contribution in [-0.4, -0.2) is 44.1 Å². The second kappa shape index (κ2) is 10.4. The number of methoxy groups -OCH3 is 3. The Hall–Kier alpha value is -4.48. The lowest BCUT2D eigenvalue weighted by molar-refractivity contribution is -0.151. The fourth-order valence-electron chi connectivity index (χ4n) is 5.76. The van der Waals surface area contributed by atoms with Gasteiger partial charge in [-0.15, -0.1) is 0 Å². The van der Waals surface area contributed by atoms with E-state index in [0.29, 0.717) is 27.8 Å². The number of carbonyl (C=O) groups excluding carboxylic acids is 2. The van der Waals surface area contributed by atoms with Crippen molar-refractivity contribution in [3.05, 3.63) is 94.6 Å². The molecule has 9 heteroatoms. The standard InChI is InChI=1S/C30H26ClN3O5/c1-37-23-13-8-19(16-24(23)38-2)25-26(28(35)33-21-11-9-20(31)10-12-21)34-15-14-18-6-4-5-7-22(18)27(34)30(25,17-32)29(36)39-3/h4-16,25-27H,1-3H3,(H,33,35)/t25-,26+,27?,30-/m1/s1. The highest BCUT2D eigenvalue weighted by Gasteiger charge is 2.68. The van der Waals surface area contributed by atoms with Gasteiger partial charge in [0.1, 0.15) is 6.04 Å². The van der Waals surface area contributed by atoms with Crippen molar-refractivity contribution in [1.29, 1.82) is 5.26 Å². The molecule has 0 spiro atoms. The maximum atomic E-state index is 14.1. The van der Waals surface area contributed by atoms with Crippen molar-refractivity contribution in [3.63, 3.8) is 0 Å². The van der Waals surface area contributed by atoms with Crippen LogP contribution >= 0.6 is 11.6 Å². The number of fused-ring (bicyclic) bond motifs is 3. The van der Waals surface area contributed by atoms with E-state index in [9.17, 15) is 14.9 Å². The van der Waals surface area contributed by atoms with Gasteiger partial charge < -0.3 is 24.4 Å². The van der Waals surface area contributed by atoms with Crippen LogP contribution in [0.25, 0.3) is 6.08 Å². The van der Waals surface area contributed by atoms with Crippen LogP contribution in [0.1, 0.15) is 28.7 Å². The number of nitriles is 1. The minimum Gasteiger partial charge on any atom is -0.493 e. The summed E-state index contributed by atoms with van der Waals surface area (Å²) in [6.07, 6.45) is 3.65. The Morgan fingerprint density at radius 1 is 1.00 bits per heavy atom. The van der Waals surface area contributed by atoms with Crippen molar-refractivity contribution in [2.45, 2.75) is 18.0 Å². The fraction of sp³-hybridized carbons (Fsp3) is 0.233. The van der Waals surface area contributed by atoms with Crippen LogP contribution in [0.5, 0.6) is 11.5 Å². The number of anilines is 1. The van der Waals surface area contributed by atoms with Crippen LogP contribution in [0.2, 0.25) is 5.02 Å². The Balaban J connectivity index is 1.75. The minimum atomic E-state index is -1.78. The summed E-state index contributed by atoms with van der Waals surface area (Å²) in [5, 5.41) is 14.3. The van der Waals surface area contributed by atoms with Crippen LogP contribution in [-0.2, 0) is 14.3 Å². The maximum absolute atomic E-state index is 14.1. The van der Waals surface area contributed by atoms with Gasteiger partial charge in [0.05, 0.1) is 33.4 Å². The number of nitrogens with one attached hydrogen (secondary N) is 1. The molecule has 198 valence electrons. The van der Waals surface area contributed by atoms with Gasteiger partial charge >= 0.3 is 5.97 Å². The third-order valence-corrected chi connectivity index (χ3v) is 7.68. The topological polar surface area (TPSA) is 101 Å². The number of halogens is 1. The Labute approximate surface area is 231 Å². The molecular weight excluding hydrogens is 518 g/mol. The van der Waals surface area contributed by atoms with E-state index in [1.54, 1.807) is 53.6 Å². The number of hydrogen-bond acceptors (Lipinski definition) is 7. The second-order valence-corrected chi connectivity index (χ2v) is 9.74. The van der Waals surface area contributed by atoms with Crippen LogP contribution in [0.4, 0.5) is 5.69 Å². The lowest BCUT2D eigenvalue weighted by Crippen LogP contribution is -2.42. The van der Waals surface area contributed by atoms with Gasteiger partial charge in [-0.05, 0) is 59.2 Å². The van der Waals surface area contributed by atoms with E-state index in [4.69, 9.17) is 25.8 Å². The summed E-state index contributed by atoms with van der Waals surface area (Å²) in [7, 11) is 4.27. The van der Waals surface area contributed by atoms with Crippen LogP contribution in [0.15, 0.2) is 72.9 Å². The van der Waals surface area contributed by atoms with E-state index < -0.39 is 35.3 Å². The van der Waals surface area contributed by atoms with Crippen molar-refractivity contribution < 1.29 is 23.8 Å². The van der Waals surface area contributed by atoms with E-state index in [-0.39, 0.29) is 0 Å². The first kappa shape index (κ1) is 26.1. The van der Waals surface area contributed by atoms with Gasteiger partial charge in [0.25, 0.3) is 0 Å². The summed E-state index contributed by atoms with van der Waals surface area (Å²) in [5.41, 5.74) is 0.903. The number of hydrogen-bond donors (Lipinski definition) is 1. The summed E-state index contributed by atoms with van der Waals surface area (Å²) >= 11 is 6.04. The van der Waals surface area contributed by atoms with Gasteiger partial charge in [-0.1, -0.05) is 41.9 Å². The van der Waals surface area contributed by atoms with Crippen molar-refractivity contribution in [2.24, 2.45) is 5.41 Å². The molecule has 0 aliphatic carbocycles. The Bertz CT molecular complexity index is 1500. The molecule has 3 aromatic carbocycles. The predicted octanol–water partition coefficient (Wildman–Crippen LogP) is 5.17. The largest absolute Gasteiger partial charge is 0.493 e. The van der Waals surface area contributed by atoms with Crippen LogP contribution in [0.3, 0.4) is 0 Å². The average molecular weight is 544 g/mol. The molecule has 1 fully saturated rings. The zero-order valence-electron chi connectivity index (χ0n) is 21.6. The molecule has 0 aromatic heterocycles. The molecule has 3 aromatic rings. The summed E-state index contributed by atoms with van der Waals surface area (Å²) in [6.45, 7) is 0. The van der Waals surface area contributed by atoms with Gasteiger partial charge in [0, 0.05) is 22.8 Å². The van der Waals surface area contributed by atoms with Gasteiger partial charge in [0.15, 0.2) is 16.9 Å². The van der Waals surface area contributed by atoms with Crippen molar-refractivity contribution in [1.82, 2.24) is 4.90 Å². The van der Waals surface area contributed by atoms with Gasteiger partial charge in [-0.2, -0.15) is 5.26 Å². The summed E-state index contributed by atoms with van der Waals surface area (Å²) in [4.78, 5) is 29.7. The molecule has 0 bridgehead atoms. The van der Waals surface area contributed by atoms with Crippen molar-refractivity contribution in [3.8, 4) is 17.6 Å². The fourth-order valence-corrected chi connectivity index (χ4v) is 5.89.